The van der Waals surface area contributed by atoms with Crippen molar-refractivity contribution >= 4 is 28.3 Å². The molecule has 8 heteroatoms. The minimum atomic E-state index is -0.623. The van der Waals surface area contributed by atoms with Crippen LogP contribution in [-0.4, -0.2) is 28.2 Å². The second-order valence-corrected chi connectivity index (χ2v) is 8.59. The number of hydrogen-bond donors (Lipinski definition) is 1. The van der Waals surface area contributed by atoms with Crippen LogP contribution in [0.3, 0.4) is 0 Å². The molecule has 31 heavy (non-hydrogen) atoms. The summed E-state index contributed by atoms with van der Waals surface area (Å²) in [6, 6.07) is 11.0. The zero-order valence-corrected chi connectivity index (χ0v) is 17.7. The predicted octanol–water partition coefficient (Wildman–Crippen LogP) is 4.49. The number of amides is 2. The molecular weight excluding hydrogens is 420 g/mol. The van der Waals surface area contributed by atoms with Gasteiger partial charge in [-0.1, -0.05) is 30.3 Å². The Hall–Kier alpha value is -3.13. The summed E-state index contributed by atoms with van der Waals surface area (Å²) in [5.41, 5.74) is 2.50. The van der Waals surface area contributed by atoms with E-state index >= 15 is 0 Å². The van der Waals surface area contributed by atoms with Gasteiger partial charge in [0.05, 0.1) is 12.5 Å². The van der Waals surface area contributed by atoms with Gasteiger partial charge in [-0.15, -0.1) is 11.3 Å². The maximum atomic E-state index is 13.9. The highest BCUT2D eigenvalue weighted by atomic mass is 32.1. The third-order valence-electron chi connectivity index (χ3n) is 5.38. The number of halogens is 2. The number of hydrogen-bond acceptors (Lipinski definition) is 4. The normalized spacial score (nSPS) is 15.5. The monoisotopic (exact) mass is 441 g/mol. The molecular formula is C23H21F2N3O2S. The average Bonchev–Trinajstić information content (AvgIpc) is 3.16. The van der Waals surface area contributed by atoms with E-state index in [1.54, 1.807) is 11.1 Å². The summed E-state index contributed by atoms with van der Waals surface area (Å²) in [4.78, 5) is 31.5. The Labute approximate surface area is 182 Å². The van der Waals surface area contributed by atoms with E-state index in [9.17, 15) is 18.4 Å². The lowest BCUT2D eigenvalue weighted by molar-refractivity contribution is -0.132. The number of rotatable bonds is 5. The topological polar surface area (TPSA) is 62.3 Å². The van der Waals surface area contributed by atoms with Crippen LogP contribution in [0.5, 0.6) is 0 Å². The number of nitrogens with one attached hydrogen (secondary N) is 1. The molecule has 0 saturated heterocycles. The van der Waals surface area contributed by atoms with Crippen molar-refractivity contribution in [2.75, 3.05) is 11.9 Å². The van der Waals surface area contributed by atoms with E-state index in [1.165, 1.54) is 30.4 Å². The summed E-state index contributed by atoms with van der Waals surface area (Å²) in [6.07, 6.45) is 2.72. The summed E-state index contributed by atoms with van der Waals surface area (Å²) >= 11 is 1.24. The van der Waals surface area contributed by atoms with Gasteiger partial charge in [-0.3, -0.25) is 9.59 Å². The first kappa shape index (κ1) is 21.1. The number of fused-ring (bicyclic) bond motifs is 1. The van der Waals surface area contributed by atoms with Gasteiger partial charge in [0.1, 0.15) is 11.6 Å². The molecule has 0 bridgehead atoms. The molecule has 1 aliphatic heterocycles. The molecule has 1 N–H and O–H groups in total. The smallest absolute Gasteiger partial charge is 0.228 e. The van der Waals surface area contributed by atoms with Crippen LogP contribution in [0.15, 0.2) is 48.7 Å². The van der Waals surface area contributed by atoms with E-state index in [4.69, 9.17) is 0 Å². The molecule has 2 heterocycles. The quantitative estimate of drug-likeness (QED) is 0.635. The van der Waals surface area contributed by atoms with Crippen molar-refractivity contribution in [2.24, 2.45) is 0 Å². The fourth-order valence-electron chi connectivity index (χ4n) is 3.89. The largest absolute Gasteiger partial charge is 0.335 e. The average molecular weight is 442 g/mol. The maximum Gasteiger partial charge on any atom is 0.228 e. The van der Waals surface area contributed by atoms with E-state index in [0.29, 0.717) is 17.2 Å². The summed E-state index contributed by atoms with van der Waals surface area (Å²) in [6.45, 7) is 2.09. The van der Waals surface area contributed by atoms with E-state index in [2.05, 4.69) is 10.3 Å². The molecule has 0 spiro atoms. The van der Waals surface area contributed by atoms with Gasteiger partial charge in [-0.2, -0.15) is 0 Å². The molecule has 5 nitrogen and oxygen atoms in total. The molecule has 1 atom stereocenters. The fourth-order valence-corrected chi connectivity index (χ4v) is 4.75. The second-order valence-electron chi connectivity index (χ2n) is 7.47. The maximum absolute atomic E-state index is 13.9. The van der Waals surface area contributed by atoms with E-state index in [1.807, 2.05) is 24.3 Å². The minimum absolute atomic E-state index is 0.0647. The Morgan fingerprint density at radius 1 is 1.23 bits per heavy atom. The second kappa shape index (κ2) is 8.93. The fraction of sp³-hybridized carbons (Fsp3) is 0.261. The summed E-state index contributed by atoms with van der Waals surface area (Å²) in [5.74, 6) is -1.55. The highest BCUT2D eigenvalue weighted by Gasteiger charge is 2.30. The Kier molecular flexibility index (Phi) is 6.08. The molecule has 0 aliphatic carbocycles. The van der Waals surface area contributed by atoms with Crippen LogP contribution in [0.1, 0.15) is 41.0 Å². The predicted molar refractivity (Wildman–Crippen MR) is 115 cm³/mol. The van der Waals surface area contributed by atoms with Crippen molar-refractivity contribution in [3.05, 3.63) is 81.9 Å². The van der Waals surface area contributed by atoms with Crippen LogP contribution in [0.25, 0.3) is 0 Å². The van der Waals surface area contributed by atoms with Gasteiger partial charge >= 0.3 is 0 Å². The zero-order chi connectivity index (χ0) is 22.0. The van der Waals surface area contributed by atoms with Crippen LogP contribution in [0.4, 0.5) is 13.9 Å². The lowest BCUT2D eigenvalue weighted by atomic mass is 9.90. The molecule has 1 unspecified atom stereocenters. The van der Waals surface area contributed by atoms with E-state index in [-0.39, 0.29) is 30.7 Å². The van der Waals surface area contributed by atoms with Gasteiger partial charge in [0.2, 0.25) is 11.8 Å². The van der Waals surface area contributed by atoms with Gasteiger partial charge in [-0.05, 0) is 29.2 Å². The lowest BCUT2D eigenvalue weighted by Gasteiger charge is -2.36. The van der Waals surface area contributed by atoms with Crippen molar-refractivity contribution in [3.63, 3.8) is 0 Å². The molecule has 160 valence electrons. The van der Waals surface area contributed by atoms with Crippen molar-refractivity contribution in [1.29, 1.82) is 0 Å². The molecule has 2 aromatic carbocycles. The van der Waals surface area contributed by atoms with Crippen molar-refractivity contribution < 1.29 is 18.4 Å². The number of carbonyl (C=O) groups is 2. The Morgan fingerprint density at radius 2 is 2.03 bits per heavy atom. The van der Waals surface area contributed by atoms with Crippen LogP contribution in [-0.2, 0) is 22.4 Å². The molecule has 0 fully saturated rings. The van der Waals surface area contributed by atoms with Crippen LogP contribution >= 0.6 is 11.3 Å². The standard InChI is InChI=1S/C23H21F2N3O2S/c1-14(29)28-9-8-15-4-2-3-5-19(15)21(28)12-22(30)27-23-26-13-18(31-23)10-16-6-7-17(24)11-20(16)25/h2-7,11,13,21H,8-10,12H2,1H3,(H,26,27,30). The Balaban J connectivity index is 1.44. The van der Waals surface area contributed by atoms with Gasteiger partial charge in [0, 0.05) is 37.0 Å². The minimum Gasteiger partial charge on any atom is -0.335 e. The van der Waals surface area contributed by atoms with Gasteiger partial charge < -0.3 is 10.2 Å². The van der Waals surface area contributed by atoms with Gasteiger partial charge in [-0.25, -0.2) is 13.8 Å². The lowest BCUT2D eigenvalue weighted by Crippen LogP contribution is -2.40. The summed E-state index contributed by atoms with van der Waals surface area (Å²) in [7, 11) is 0. The third-order valence-corrected chi connectivity index (χ3v) is 6.29. The van der Waals surface area contributed by atoms with E-state index in [0.717, 1.165) is 28.5 Å². The molecule has 2 amide bonds. The number of anilines is 1. The Morgan fingerprint density at radius 3 is 2.81 bits per heavy atom. The van der Waals surface area contributed by atoms with Crippen LogP contribution < -0.4 is 5.32 Å². The first-order valence-electron chi connectivity index (χ1n) is 9.94. The van der Waals surface area contributed by atoms with E-state index < -0.39 is 11.6 Å². The number of nitrogens with zero attached hydrogens (tertiary/aromatic N) is 2. The molecule has 1 aromatic heterocycles. The number of benzene rings is 2. The molecule has 3 aromatic rings. The highest BCUT2D eigenvalue weighted by molar-refractivity contribution is 7.15. The Bertz CT molecular complexity index is 1130. The summed E-state index contributed by atoms with van der Waals surface area (Å²) < 4.78 is 27.0. The van der Waals surface area contributed by atoms with Crippen molar-refractivity contribution in [3.8, 4) is 0 Å². The number of aromatic nitrogens is 1. The molecule has 0 radical (unpaired) electrons. The van der Waals surface area contributed by atoms with Crippen LogP contribution in [0.2, 0.25) is 0 Å². The first-order chi connectivity index (χ1) is 14.9. The number of thiazole rings is 1. The first-order valence-corrected chi connectivity index (χ1v) is 10.8. The van der Waals surface area contributed by atoms with Gasteiger partial charge in [0.25, 0.3) is 0 Å². The highest BCUT2D eigenvalue weighted by Crippen LogP contribution is 2.33. The van der Waals surface area contributed by atoms with Crippen molar-refractivity contribution in [1.82, 2.24) is 9.88 Å². The third kappa shape index (κ3) is 4.80. The van der Waals surface area contributed by atoms with Crippen molar-refractivity contribution in [2.45, 2.75) is 32.2 Å². The summed E-state index contributed by atoms with van der Waals surface area (Å²) in [5, 5.41) is 3.19. The number of carbonyl (C=O) groups excluding carboxylic acids is 2. The zero-order valence-electron chi connectivity index (χ0n) is 16.9. The SMILES string of the molecule is CC(=O)N1CCc2ccccc2C1CC(=O)Nc1ncc(Cc2ccc(F)cc2F)s1. The molecule has 1 aliphatic rings. The molecule has 4 rings (SSSR count). The molecule has 0 saturated carbocycles. The van der Waals surface area contributed by atoms with Crippen LogP contribution in [0, 0.1) is 11.6 Å². The van der Waals surface area contributed by atoms with Gasteiger partial charge in [0.15, 0.2) is 5.13 Å².